The Bertz CT molecular complexity index is 917. The third-order valence-electron chi connectivity index (χ3n) is 5.66. The van der Waals surface area contributed by atoms with Crippen LogP contribution in [-0.2, 0) is 27.9 Å². The van der Waals surface area contributed by atoms with Gasteiger partial charge in [-0.1, -0.05) is 44.1 Å². The number of carbonyl (C=O) groups is 1. The summed E-state index contributed by atoms with van der Waals surface area (Å²) in [6, 6.07) is 5.57. The highest BCUT2D eigenvalue weighted by atomic mass is 16.7. The molecule has 1 saturated heterocycles. The van der Waals surface area contributed by atoms with Crippen LogP contribution in [0.4, 0.5) is 0 Å². The van der Waals surface area contributed by atoms with Crippen LogP contribution in [-0.4, -0.2) is 39.5 Å². The van der Waals surface area contributed by atoms with Gasteiger partial charge in [0.15, 0.2) is 5.82 Å². The molecule has 0 bridgehead atoms. The van der Waals surface area contributed by atoms with Crippen LogP contribution in [0.15, 0.2) is 22.7 Å². The minimum atomic E-state index is -0.516. The topological polar surface area (TPSA) is 107 Å². The molecule has 162 valence electrons. The van der Waals surface area contributed by atoms with E-state index in [1.54, 1.807) is 0 Å². The Morgan fingerprint density at radius 1 is 1.13 bits per heavy atom. The standard InChI is InChI=1S/C21H30BN3O5/c1-19(2,3)18-24-17(28-25-18)16(27)23-11-13-8-9-15(10-14(13)12-26)22-29-20(4,5)21(6,7)30-22/h8-10,26H,11-12H2,1-7H3,(H,23,27). The van der Waals surface area contributed by atoms with E-state index < -0.39 is 24.2 Å². The molecule has 1 aliphatic heterocycles. The number of aliphatic hydroxyl groups excluding tert-OH is 1. The second-order valence-electron chi connectivity index (χ2n) is 9.63. The minimum Gasteiger partial charge on any atom is -0.399 e. The van der Waals surface area contributed by atoms with Crippen LogP contribution in [0, 0.1) is 0 Å². The highest BCUT2D eigenvalue weighted by molar-refractivity contribution is 6.62. The van der Waals surface area contributed by atoms with Crippen molar-refractivity contribution in [2.45, 2.75) is 78.2 Å². The Morgan fingerprint density at radius 3 is 2.30 bits per heavy atom. The fraction of sp³-hybridized carbons (Fsp3) is 0.571. The molecular formula is C21H30BN3O5. The molecule has 0 atom stereocenters. The van der Waals surface area contributed by atoms with E-state index in [1.165, 1.54) is 0 Å². The average Bonchev–Trinajstić information content (AvgIpc) is 3.22. The van der Waals surface area contributed by atoms with E-state index in [1.807, 2.05) is 66.7 Å². The molecule has 1 aromatic heterocycles. The molecule has 0 radical (unpaired) electrons. The Kier molecular flexibility index (Phi) is 5.83. The molecule has 0 aliphatic carbocycles. The Labute approximate surface area is 177 Å². The molecule has 3 rings (SSSR count). The van der Waals surface area contributed by atoms with Crippen LogP contribution in [0.2, 0.25) is 0 Å². The van der Waals surface area contributed by atoms with Gasteiger partial charge in [0.2, 0.25) is 0 Å². The summed E-state index contributed by atoms with van der Waals surface area (Å²) in [5.74, 6) is -0.0771. The molecule has 2 heterocycles. The van der Waals surface area contributed by atoms with Gasteiger partial charge in [-0.25, -0.2) is 0 Å². The molecule has 0 saturated carbocycles. The van der Waals surface area contributed by atoms with Crippen molar-refractivity contribution in [3.8, 4) is 0 Å². The van der Waals surface area contributed by atoms with Crippen LogP contribution in [0.1, 0.15) is 76.1 Å². The fourth-order valence-corrected chi connectivity index (χ4v) is 2.96. The van der Waals surface area contributed by atoms with Gasteiger partial charge in [0.25, 0.3) is 0 Å². The predicted molar refractivity (Wildman–Crippen MR) is 112 cm³/mol. The summed E-state index contributed by atoms with van der Waals surface area (Å²) in [4.78, 5) is 16.5. The second kappa shape index (κ2) is 7.79. The maximum Gasteiger partial charge on any atom is 0.494 e. The summed E-state index contributed by atoms with van der Waals surface area (Å²) in [5.41, 5.74) is 1.08. The third-order valence-corrected chi connectivity index (χ3v) is 5.66. The number of benzene rings is 1. The molecule has 1 aliphatic rings. The lowest BCUT2D eigenvalue weighted by Gasteiger charge is -2.32. The number of aliphatic hydroxyl groups is 1. The van der Waals surface area contributed by atoms with Gasteiger partial charge in [0.05, 0.1) is 17.8 Å². The first kappa shape index (κ1) is 22.5. The van der Waals surface area contributed by atoms with Gasteiger partial charge in [-0.05, 0) is 44.3 Å². The summed E-state index contributed by atoms with van der Waals surface area (Å²) < 4.78 is 17.2. The molecule has 30 heavy (non-hydrogen) atoms. The van der Waals surface area contributed by atoms with E-state index in [0.29, 0.717) is 11.4 Å². The van der Waals surface area contributed by atoms with Gasteiger partial charge >= 0.3 is 18.9 Å². The number of rotatable bonds is 5. The first-order valence-electron chi connectivity index (χ1n) is 10.0. The van der Waals surface area contributed by atoms with Gasteiger partial charge in [-0.2, -0.15) is 4.98 Å². The maximum absolute atomic E-state index is 12.4. The molecule has 0 spiro atoms. The molecule has 2 aromatic rings. The van der Waals surface area contributed by atoms with Crippen molar-refractivity contribution < 1.29 is 23.7 Å². The maximum atomic E-state index is 12.4. The van der Waals surface area contributed by atoms with Crippen molar-refractivity contribution in [3.05, 3.63) is 41.0 Å². The molecular weight excluding hydrogens is 385 g/mol. The quantitative estimate of drug-likeness (QED) is 0.721. The van der Waals surface area contributed by atoms with Gasteiger partial charge in [-0.15, -0.1) is 0 Å². The zero-order valence-electron chi connectivity index (χ0n) is 18.7. The minimum absolute atomic E-state index is 0.0840. The molecule has 1 fully saturated rings. The van der Waals surface area contributed by atoms with E-state index in [0.717, 1.165) is 11.0 Å². The number of carbonyl (C=O) groups excluding carboxylic acids is 1. The second-order valence-corrected chi connectivity index (χ2v) is 9.63. The van der Waals surface area contributed by atoms with Crippen molar-refractivity contribution in [2.75, 3.05) is 0 Å². The van der Waals surface area contributed by atoms with Crippen LogP contribution in [0.5, 0.6) is 0 Å². The average molecular weight is 415 g/mol. The largest absolute Gasteiger partial charge is 0.494 e. The Balaban J connectivity index is 1.70. The molecule has 1 amide bonds. The fourth-order valence-electron chi connectivity index (χ4n) is 2.96. The van der Waals surface area contributed by atoms with Crippen LogP contribution in [0.3, 0.4) is 0 Å². The lowest BCUT2D eigenvalue weighted by molar-refractivity contribution is 0.00578. The number of nitrogens with one attached hydrogen (secondary N) is 1. The van der Waals surface area contributed by atoms with E-state index in [-0.39, 0.29) is 24.5 Å². The number of hydrogen-bond acceptors (Lipinski definition) is 7. The van der Waals surface area contributed by atoms with Crippen molar-refractivity contribution in [2.24, 2.45) is 0 Å². The van der Waals surface area contributed by atoms with E-state index >= 15 is 0 Å². The number of amides is 1. The van der Waals surface area contributed by atoms with E-state index in [4.69, 9.17) is 13.8 Å². The lowest BCUT2D eigenvalue weighted by atomic mass is 9.77. The molecule has 8 nitrogen and oxygen atoms in total. The SMILES string of the molecule is CC(C)(C)c1noc(C(=O)NCc2ccc(B3OC(C)(C)C(C)(C)O3)cc2CO)n1. The number of hydrogen-bond donors (Lipinski definition) is 2. The summed E-state index contributed by atoms with van der Waals surface area (Å²) in [5, 5.41) is 16.5. The van der Waals surface area contributed by atoms with Crippen molar-refractivity contribution in [3.63, 3.8) is 0 Å². The van der Waals surface area contributed by atoms with Crippen molar-refractivity contribution >= 4 is 18.5 Å². The molecule has 0 unspecified atom stereocenters. The third kappa shape index (κ3) is 4.43. The van der Waals surface area contributed by atoms with Gasteiger partial charge in [-0.3, -0.25) is 4.79 Å². The first-order valence-corrected chi connectivity index (χ1v) is 10.0. The van der Waals surface area contributed by atoms with E-state index in [9.17, 15) is 9.90 Å². The predicted octanol–water partition coefficient (Wildman–Crippen LogP) is 2.09. The number of aromatic nitrogens is 2. The van der Waals surface area contributed by atoms with Gasteiger partial charge in [0.1, 0.15) is 0 Å². The normalized spacial score (nSPS) is 17.9. The van der Waals surface area contributed by atoms with Gasteiger partial charge in [0, 0.05) is 12.0 Å². The first-order chi connectivity index (χ1) is 13.8. The summed E-state index contributed by atoms with van der Waals surface area (Å²) >= 11 is 0. The van der Waals surface area contributed by atoms with Crippen LogP contribution in [0.25, 0.3) is 0 Å². The molecule has 1 aromatic carbocycles. The van der Waals surface area contributed by atoms with Crippen LogP contribution < -0.4 is 10.8 Å². The van der Waals surface area contributed by atoms with Crippen molar-refractivity contribution in [1.29, 1.82) is 0 Å². The molecule has 9 heteroatoms. The Morgan fingerprint density at radius 2 is 1.77 bits per heavy atom. The Hall–Kier alpha value is -2.23. The number of nitrogens with zero attached hydrogens (tertiary/aromatic N) is 2. The van der Waals surface area contributed by atoms with Crippen molar-refractivity contribution in [1.82, 2.24) is 15.5 Å². The zero-order chi connectivity index (χ0) is 22.3. The smallest absolute Gasteiger partial charge is 0.399 e. The monoisotopic (exact) mass is 415 g/mol. The zero-order valence-corrected chi connectivity index (χ0v) is 18.7. The summed E-state index contributed by atoms with van der Waals surface area (Å²) in [6.45, 7) is 13.8. The lowest BCUT2D eigenvalue weighted by Crippen LogP contribution is -2.41. The summed E-state index contributed by atoms with van der Waals surface area (Å²) in [6.07, 6.45) is 0. The highest BCUT2D eigenvalue weighted by Gasteiger charge is 2.51. The molecule has 2 N–H and O–H groups in total. The highest BCUT2D eigenvalue weighted by Crippen LogP contribution is 2.36. The van der Waals surface area contributed by atoms with Gasteiger partial charge < -0.3 is 24.3 Å². The van der Waals surface area contributed by atoms with Crippen LogP contribution >= 0.6 is 0 Å². The van der Waals surface area contributed by atoms with E-state index in [2.05, 4.69) is 15.5 Å². The summed E-state index contributed by atoms with van der Waals surface area (Å²) in [7, 11) is -0.516.